The maximum Gasteiger partial charge on any atom is 0.194 e. The van der Waals surface area contributed by atoms with Crippen LogP contribution in [0.25, 0.3) is 0 Å². The molecule has 2 aromatic rings. The van der Waals surface area contributed by atoms with Gasteiger partial charge in [0.15, 0.2) is 5.78 Å². The minimum Gasteiger partial charge on any atom is -0.289 e. The zero-order valence-corrected chi connectivity index (χ0v) is 9.83. The third-order valence-electron chi connectivity index (χ3n) is 2.06. The number of carbonyl (C=O) groups is 1. The lowest BCUT2D eigenvalue weighted by molar-refractivity contribution is 0.103. The van der Waals surface area contributed by atoms with E-state index in [1.807, 2.05) is 0 Å². The van der Waals surface area contributed by atoms with Crippen LogP contribution in [-0.4, -0.2) is 10.8 Å². The second-order valence-electron chi connectivity index (χ2n) is 3.04. The summed E-state index contributed by atoms with van der Waals surface area (Å²) in [6.07, 6.45) is 3.17. The Morgan fingerprint density at radius 3 is 2.31 bits per heavy atom. The van der Waals surface area contributed by atoms with Crippen molar-refractivity contribution in [1.82, 2.24) is 4.98 Å². The van der Waals surface area contributed by atoms with Gasteiger partial charge in [0, 0.05) is 23.5 Å². The van der Waals surface area contributed by atoms with Crippen LogP contribution in [0.2, 0.25) is 5.02 Å². The molecule has 0 saturated carbocycles. The van der Waals surface area contributed by atoms with Gasteiger partial charge < -0.3 is 0 Å². The number of hydrogen-bond donors (Lipinski definition) is 0. The molecule has 0 radical (unpaired) electrons. The van der Waals surface area contributed by atoms with E-state index < -0.39 is 0 Å². The van der Waals surface area contributed by atoms with Crippen molar-refractivity contribution in [3.63, 3.8) is 0 Å². The molecule has 1 aromatic heterocycles. The predicted molar refractivity (Wildman–Crippen MR) is 66.4 cm³/mol. The van der Waals surface area contributed by atoms with E-state index in [4.69, 9.17) is 11.6 Å². The minimum atomic E-state index is -0.0806. The number of pyridine rings is 1. The van der Waals surface area contributed by atoms with Crippen LogP contribution in [0.15, 0.2) is 48.8 Å². The summed E-state index contributed by atoms with van der Waals surface area (Å²) in [5, 5.41) is 0.472. The number of halogens is 2. The summed E-state index contributed by atoms with van der Waals surface area (Å²) in [4.78, 5) is 15.8. The highest BCUT2D eigenvalue weighted by atomic mass is 35.5. The first-order chi connectivity index (χ1) is 7.29. The van der Waals surface area contributed by atoms with E-state index in [0.29, 0.717) is 16.1 Å². The van der Waals surface area contributed by atoms with Gasteiger partial charge in [-0.1, -0.05) is 23.7 Å². The highest BCUT2D eigenvalue weighted by Gasteiger charge is 2.11. The van der Waals surface area contributed by atoms with Gasteiger partial charge >= 0.3 is 0 Å². The zero-order chi connectivity index (χ0) is 10.7. The predicted octanol–water partition coefficient (Wildman–Crippen LogP) is 3.39. The zero-order valence-electron chi connectivity index (χ0n) is 8.26. The molecule has 16 heavy (non-hydrogen) atoms. The van der Waals surface area contributed by atoms with Crippen molar-refractivity contribution < 1.29 is 4.79 Å². The van der Waals surface area contributed by atoms with Crippen LogP contribution >= 0.6 is 24.0 Å². The average molecular weight is 254 g/mol. The molecule has 0 amide bonds. The summed E-state index contributed by atoms with van der Waals surface area (Å²) in [7, 11) is 0. The fraction of sp³-hybridized carbons (Fsp3) is 0. The standard InChI is InChI=1S/C12H8ClNO.ClH/c13-11-4-2-1-3-10(11)12(15)9-5-7-14-8-6-9;/h1-8H;1H. The second kappa shape index (κ2) is 5.64. The molecule has 0 bridgehead atoms. The van der Waals surface area contributed by atoms with Crippen molar-refractivity contribution in [2.45, 2.75) is 0 Å². The molecule has 82 valence electrons. The second-order valence-corrected chi connectivity index (χ2v) is 3.45. The van der Waals surface area contributed by atoms with Crippen LogP contribution < -0.4 is 0 Å². The van der Waals surface area contributed by atoms with E-state index in [1.54, 1.807) is 48.8 Å². The first-order valence-corrected chi connectivity index (χ1v) is 4.86. The molecule has 0 saturated heterocycles. The van der Waals surface area contributed by atoms with Gasteiger partial charge in [-0.25, -0.2) is 0 Å². The molecule has 2 rings (SSSR count). The lowest BCUT2D eigenvalue weighted by Crippen LogP contribution is -2.01. The third kappa shape index (κ3) is 2.60. The summed E-state index contributed by atoms with van der Waals surface area (Å²) in [5.41, 5.74) is 1.11. The summed E-state index contributed by atoms with van der Waals surface area (Å²) >= 11 is 5.93. The molecule has 0 aliphatic heterocycles. The highest BCUT2D eigenvalue weighted by molar-refractivity contribution is 6.34. The third-order valence-corrected chi connectivity index (χ3v) is 2.39. The highest BCUT2D eigenvalue weighted by Crippen LogP contribution is 2.18. The molecule has 0 fully saturated rings. The smallest absolute Gasteiger partial charge is 0.194 e. The molecule has 0 unspecified atom stereocenters. The number of aromatic nitrogens is 1. The van der Waals surface area contributed by atoms with Crippen LogP contribution in [0.4, 0.5) is 0 Å². The molecule has 2 nitrogen and oxygen atoms in total. The fourth-order valence-electron chi connectivity index (χ4n) is 1.30. The Balaban J connectivity index is 0.00000128. The number of carbonyl (C=O) groups excluding carboxylic acids is 1. The van der Waals surface area contributed by atoms with Crippen molar-refractivity contribution in [3.8, 4) is 0 Å². The Kier molecular flexibility index (Phi) is 4.47. The molecule has 0 aliphatic carbocycles. The van der Waals surface area contributed by atoms with Crippen LogP contribution in [-0.2, 0) is 0 Å². The van der Waals surface area contributed by atoms with Gasteiger partial charge in [-0.15, -0.1) is 12.4 Å². The largest absolute Gasteiger partial charge is 0.289 e. The molecule has 4 heteroatoms. The van der Waals surface area contributed by atoms with Gasteiger partial charge in [0.2, 0.25) is 0 Å². The van der Waals surface area contributed by atoms with Crippen LogP contribution in [0, 0.1) is 0 Å². The summed E-state index contributed by atoms with van der Waals surface area (Å²) in [6, 6.07) is 10.4. The molecular weight excluding hydrogens is 245 g/mol. The molecule has 0 aliphatic rings. The molecule has 0 spiro atoms. The van der Waals surface area contributed by atoms with Gasteiger partial charge in [-0.3, -0.25) is 9.78 Å². The Morgan fingerprint density at radius 1 is 1.06 bits per heavy atom. The van der Waals surface area contributed by atoms with E-state index in [1.165, 1.54) is 0 Å². The fourth-order valence-corrected chi connectivity index (χ4v) is 1.53. The molecular formula is C12H9Cl2NO. The van der Waals surface area contributed by atoms with Crippen LogP contribution in [0.5, 0.6) is 0 Å². The van der Waals surface area contributed by atoms with E-state index in [2.05, 4.69) is 4.98 Å². The Labute approximate surface area is 105 Å². The topological polar surface area (TPSA) is 30.0 Å². The van der Waals surface area contributed by atoms with E-state index in [-0.39, 0.29) is 18.2 Å². The number of rotatable bonds is 2. The van der Waals surface area contributed by atoms with Gasteiger partial charge in [-0.2, -0.15) is 0 Å². The van der Waals surface area contributed by atoms with Gasteiger partial charge in [0.25, 0.3) is 0 Å². The summed E-state index contributed by atoms with van der Waals surface area (Å²) in [5.74, 6) is -0.0806. The lowest BCUT2D eigenvalue weighted by atomic mass is 10.0. The maximum atomic E-state index is 12.0. The average Bonchev–Trinajstić information content (AvgIpc) is 2.30. The monoisotopic (exact) mass is 253 g/mol. The van der Waals surface area contributed by atoms with E-state index in [0.717, 1.165) is 0 Å². The first-order valence-electron chi connectivity index (χ1n) is 4.48. The normalized spacial score (nSPS) is 9.31. The van der Waals surface area contributed by atoms with Gasteiger partial charge in [0.1, 0.15) is 0 Å². The molecule has 0 atom stereocenters. The summed E-state index contributed by atoms with van der Waals surface area (Å²) in [6.45, 7) is 0. The molecule has 1 aromatic carbocycles. The van der Waals surface area contributed by atoms with Crippen molar-refractivity contribution >= 4 is 29.8 Å². The van der Waals surface area contributed by atoms with Crippen molar-refractivity contribution in [3.05, 3.63) is 64.9 Å². The maximum absolute atomic E-state index is 12.0. The Bertz CT molecular complexity index is 485. The molecule has 0 N–H and O–H groups in total. The van der Waals surface area contributed by atoms with Gasteiger partial charge in [0.05, 0.1) is 5.02 Å². The van der Waals surface area contributed by atoms with Gasteiger partial charge in [-0.05, 0) is 24.3 Å². The summed E-state index contributed by atoms with van der Waals surface area (Å²) < 4.78 is 0. The van der Waals surface area contributed by atoms with E-state index >= 15 is 0 Å². The van der Waals surface area contributed by atoms with Crippen LogP contribution in [0.3, 0.4) is 0 Å². The number of benzene rings is 1. The quantitative estimate of drug-likeness (QED) is 0.769. The SMILES string of the molecule is Cl.O=C(c1ccncc1)c1ccccc1Cl. The minimum absolute atomic E-state index is 0. The van der Waals surface area contributed by atoms with Crippen LogP contribution in [0.1, 0.15) is 15.9 Å². The Hall–Kier alpha value is -1.38. The lowest BCUT2D eigenvalue weighted by Gasteiger charge is -2.02. The van der Waals surface area contributed by atoms with Crippen molar-refractivity contribution in [2.24, 2.45) is 0 Å². The first kappa shape index (κ1) is 12.7. The van der Waals surface area contributed by atoms with E-state index in [9.17, 15) is 4.79 Å². The number of hydrogen-bond acceptors (Lipinski definition) is 2. The van der Waals surface area contributed by atoms with Crippen molar-refractivity contribution in [1.29, 1.82) is 0 Å². The number of ketones is 1. The van der Waals surface area contributed by atoms with Crippen molar-refractivity contribution in [2.75, 3.05) is 0 Å². The Morgan fingerprint density at radius 2 is 1.69 bits per heavy atom. The number of nitrogens with zero attached hydrogens (tertiary/aromatic N) is 1. The molecule has 1 heterocycles.